The first-order chi connectivity index (χ1) is 9.65. The Kier molecular flexibility index (Phi) is 5.75. The van der Waals surface area contributed by atoms with E-state index in [1.165, 1.54) is 0 Å². The molecule has 2 N–H and O–H groups in total. The normalized spacial score (nSPS) is 12.1. The van der Waals surface area contributed by atoms with Crippen LogP contribution < -0.4 is 15.4 Å². The SMILES string of the molecule is CCCNc1nc(NC(C)(C)CC(C)(C)C)nc(OC)n1. The average molecular weight is 295 g/mol. The molecule has 0 saturated heterocycles. The molecule has 0 aliphatic heterocycles. The molecule has 1 rings (SSSR count). The summed E-state index contributed by atoms with van der Waals surface area (Å²) in [7, 11) is 1.56. The number of hydrogen-bond donors (Lipinski definition) is 2. The summed E-state index contributed by atoms with van der Waals surface area (Å²) in [5.74, 6) is 1.08. The second-order valence-corrected chi connectivity index (χ2v) is 7.14. The van der Waals surface area contributed by atoms with E-state index in [4.69, 9.17) is 4.74 Å². The van der Waals surface area contributed by atoms with E-state index in [9.17, 15) is 0 Å². The van der Waals surface area contributed by atoms with Crippen LogP contribution in [0, 0.1) is 5.41 Å². The maximum absolute atomic E-state index is 5.15. The molecule has 0 unspecified atom stereocenters. The van der Waals surface area contributed by atoms with Gasteiger partial charge in [0.1, 0.15) is 0 Å². The maximum Gasteiger partial charge on any atom is 0.322 e. The fourth-order valence-corrected chi connectivity index (χ4v) is 2.49. The smallest absolute Gasteiger partial charge is 0.322 e. The number of rotatable bonds is 7. The van der Waals surface area contributed by atoms with Crippen LogP contribution in [0.4, 0.5) is 11.9 Å². The van der Waals surface area contributed by atoms with Crippen LogP contribution in [0.5, 0.6) is 6.01 Å². The first-order valence-electron chi connectivity index (χ1n) is 7.47. The number of aromatic nitrogens is 3. The van der Waals surface area contributed by atoms with E-state index in [0.717, 1.165) is 19.4 Å². The third kappa shape index (κ3) is 6.60. The van der Waals surface area contributed by atoms with Crippen molar-refractivity contribution in [3.05, 3.63) is 0 Å². The summed E-state index contributed by atoms with van der Waals surface area (Å²) < 4.78 is 5.15. The van der Waals surface area contributed by atoms with Crippen molar-refractivity contribution in [1.29, 1.82) is 0 Å². The number of anilines is 2. The molecule has 120 valence electrons. The number of hydrogen-bond acceptors (Lipinski definition) is 6. The summed E-state index contributed by atoms with van der Waals surface area (Å²) in [6.45, 7) is 13.9. The van der Waals surface area contributed by atoms with E-state index in [-0.39, 0.29) is 11.0 Å². The van der Waals surface area contributed by atoms with E-state index in [1.807, 2.05) is 0 Å². The highest BCUT2D eigenvalue weighted by Crippen LogP contribution is 2.29. The lowest BCUT2D eigenvalue weighted by molar-refractivity contribution is 0.301. The lowest BCUT2D eigenvalue weighted by atomic mass is 9.82. The molecule has 1 aromatic rings. The summed E-state index contributed by atoms with van der Waals surface area (Å²) in [6.07, 6.45) is 2.00. The molecule has 0 aromatic carbocycles. The Morgan fingerprint density at radius 3 is 2.14 bits per heavy atom. The van der Waals surface area contributed by atoms with Gasteiger partial charge in [0, 0.05) is 12.1 Å². The minimum atomic E-state index is -0.118. The van der Waals surface area contributed by atoms with Crippen molar-refractivity contribution in [2.45, 2.75) is 59.9 Å². The zero-order valence-corrected chi connectivity index (χ0v) is 14.4. The molecule has 0 aliphatic carbocycles. The molecule has 0 radical (unpaired) electrons. The maximum atomic E-state index is 5.15. The van der Waals surface area contributed by atoms with Gasteiger partial charge in [-0.15, -0.1) is 0 Å². The summed E-state index contributed by atoms with van der Waals surface area (Å²) in [6, 6.07) is 0.317. The van der Waals surface area contributed by atoms with E-state index < -0.39 is 0 Å². The molecule has 0 aliphatic rings. The van der Waals surface area contributed by atoms with Crippen LogP contribution in [-0.4, -0.2) is 34.1 Å². The molecule has 1 heterocycles. The summed E-state index contributed by atoms with van der Waals surface area (Å²) in [4.78, 5) is 12.9. The average Bonchev–Trinajstić information content (AvgIpc) is 2.32. The largest absolute Gasteiger partial charge is 0.467 e. The van der Waals surface area contributed by atoms with Gasteiger partial charge < -0.3 is 15.4 Å². The quantitative estimate of drug-likeness (QED) is 0.804. The second kappa shape index (κ2) is 6.91. The fraction of sp³-hybridized carbons (Fsp3) is 0.800. The Bertz CT molecular complexity index is 454. The van der Waals surface area contributed by atoms with Gasteiger partial charge in [-0.1, -0.05) is 27.7 Å². The van der Waals surface area contributed by atoms with Crippen LogP contribution in [0.1, 0.15) is 54.4 Å². The van der Waals surface area contributed by atoms with E-state index in [1.54, 1.807) is 7.11 Å². The van der Waals surface area contributed by atoms with Crippen molar-refractivity contribution in [2.24, 2.45) is 5.41 Å². The van der Waals surface area contributed by atoms with Crippen molar-refractivity contribution in [1.82, 2.24) is 15.0 Å². The Labute approximate surface area is 128 Å². The van der Waals surface area contributed by atoms with Crippen LogP contribution in [0.3, 0.4) is 0 Å². The Morgan fingerprint density at radius 1 is 1.00 bits per heavy atom. The number of nitrogens with zero attached hydrogens (tertiary/aromatic N) is 3. The van der Waals surface area contributed by atoms with Gasteiger partial charge in [-0.3, -0.25) is 0 Å². The van der Waals surface area contributed by atoms with Gasteiger partial charge in [-0.25, -0.2) is 0 Å². The van der Waals surface area contributed by atoms with E-state index in [0.29, 0.717) is 17.9 Å². The molecule has 0 saturated carbocycles. The molecular formula is C15H29N5O. The van der Waals surface area contributed by atoms with Crippen LogP contribution in [0.15, 0.2) is 0 Å². The molecule has 0 atom stereocenters. The minimum Gasteiger partial charge on any atom is -0.467 e. The Morgan fingerprint density at radius 2 is 1.62 bits per heavy atom. The van der Waals surface area contributed by atoms with Crippen LogP contribution >= 0.6 is 0 Å². The summed E-state index contributed by atoms with van der Waals surface area (Å²) in [5, 5.41) is 6.55. The van der Waals surface area contributed by atoms with Crippen LogP contribution in [0.25, 0.3) is 0 Å². The molecule has 6 heteroatoms. The number of ether oxygens (including phenoxy) is 1. The van der Waals surface area contributed by atoms with Crippen LogP contribution in [-0.2, 0) is 0 Å². The van der Waals surface area contributed by atoms with Gasteiger partial charge in [0.15, 0.2) is 0 Å². The van der Waals surface area contributed by atoms with Crippen LogP contribution in [0.2, 0.25) is 0 Å². The number of nitrogens with one attached hydrogen (secondary N) is 2. The molecular weight excluding hydrogens is 266 g/mol. The van der Waals surface area contributed by atoms with E-state index >= 15 is 0 Å². The molecule has 6 nitrogen and oxygen atoms in total. The standard InChI is InChI=1S/C15H29N5O/c1-8-9-16-11-17-12(19-13(18-11)21-7)20-15(5,6)10-14(2,3)4/h8-10H2,1-7H3,(H2,16,17,18,19,20). The first kappa shape index (κ1) is 17.5. The molecule has 21 heavy (non-hydrogen) atoms. The fourth-order valence-electron chi connectivity index (χ4n) is 2.49. The van der Waals surface area contributed by atoms with Crippen molar-refractivity contribution >= 4 is 11.9 Å². The van der Waals surface area contributed by atoms with Gasteiger partial charge in [-0.05, 0) is 32.1 Å². The monoisotopic (exact) mass is 295 g/mol. The highest BCUT2D eigenvalue weighted by molar-refractivity contribution is 5.37. The van der Waals surface area contributed by atoms with E-state index in [2.05, 4.69) is 67.1 Å². The Balaban J connectivity index is 2.90. The number of methoxy groups -OCH3 is 1. The lowest BCUT2D eigenvalue weighted by Gasteiger charge is -2.33. The molecule has 0 bridgehead atoms. The molecule has 0 fully saturated rings. The third-order valence-electron chi connectivity index (χ3n) is 2.75. The van der Waals surface area contributed by atoms with Gasteiger partial charge >= 0.3 is 6.01 Å². The third-order valence-corrected chi connectivity index (χ3v) is 2.75. The van der Waals surface area contributed by atoms with Gasteiger partial charge in [0.25, 0.3) is 0 Å². The predicted octanol–water partition coefficient (Wildman–Crippen LogP) is 3.33. The van der Waals surface area contributed by atoms with Crippen molar-refractivity contribution < 1.29 is 4.74 Å². The highest BCUT2D eigenvalue weighted by Gasteiger charge is 2.26. The topological polar surface area (TPSA) is 72.0 Å². The zero-order valence-electron chi connectivity index (χ0n) is 14.4. The summed E-state index contributed by atoms with van der Waals surface area (Å²) >= 11 is 0. The van der Waals surface area contributed by atoms with Crippen molar-refractivity contribution in [2.75, 3.05) is 24.3 Å². The Hall–Kier alpha value is -1.59. The van der Waals surface area contributed by atoms with Crippen molar-refractivity contribution in [3.63, 3.8) is 0 Å². The molecule has 1 aromatic heterocycles. The highest BCUT2D eigenvalue weighted by atomic mass is 16.5. The summed E-state index contributed by atoms with van der Waals surface area (Å²) in [5.41, 5.74) is 0.101. The van der Waals surface area contributed by atoms with Gasteiger partial charge in [0.05, 0.1) is 7.11 Å². The van der Waals surface area contributed by atoms with Crippen molar-refractivity contribution in [3.8, 4) is 6.01 Å². The zero-order chi connectivity index (χ0) is 16.1. The van der Waals surface area contributed by atoms with Gasteiger partial charge in [0.2, 0.25) is 11.9 Å². The minimum absolute atomic E-state index is 0.118. The predicted molar refractivity (Wildman–Crippen MR) is 86.9 cm³/mol. The molecule has 0 amide bonds. The first-order valence-corrected chi connectivity index (χ1v) is 7.47. The van der Waals surface area contributed by atoms with Gasteiger partial charge in [-0.2, -0.15) is 15.0 Å². The lowest BCUT2D eigenvalue weighted by Crippen LogP contribution is -2.36. The molecule has 0 spiro atoms. The second-order valence-electron chi connectivity index (χ2n) is 7.14.